The quantitative estimate of drug-likeness (QED) is 0.873. The summed E-state index contributed by atoms with van der Waals surface area (Å²) in [5, 5.41) is 4.63. The maximum absolute atomic E-state index is 12.1. The average Bonchev–Trinajstić information content (AvgIpc) is 2.72. The molecule has 1 atom stereocenters. The highest BCUT2D eigenvalue weighted by atomic mass is 35.5. The Labute approximate surface area is 113 Å². The zero-order valence-electron chi connectivity index (χ0n) is 9.97. The molecule has 0 bridgehead atoms. The van der Waals surface area contributed by atoms with Crippen molar-refractivity contribution >= 4 is 28.1 Å². The van der Waals surface area contributed by atoms with E-state index >= 15 is 0 Å². The number of hydrogen-bond donors (Lipinski definition) is 1. The van der Waals surface area contributed by atoms with Crippen molar-refractivity contribution in [2.75, 3.05) is 11.5 Å². The van der Waals surface area contributed by atoms with E-state index in [0.717, 1.165) is 5.69 Å². The maximum atomic E-state index is 12.1. The second-order valence-corrected chi connectivity index (χ2v) is 5.90. The Hall–Kier alpha value is -1.33. The molecule has 0 fully saturated rings. The number of rotatable bonds is 4. The molecule has 2 N–H and O–H groups in total. The lowest BCUT2D eigenvalue weighted by Crippen LogP contribution is -2.07. The molecule has 0 spiro atoms. The average molecular weight is 284 g/mol. The van der Waals surface area contributed by atoms with Crippen molar-refractivity contribution < 1.29 is 4.21 Å². The number of halogens is 1. The number of nitrogens with zero attached hydrogens (tertiary/aromatic N) is 2. The number of nitrogens with two attached hydrogens (primary N) is 1. The highest BCUT2D eigenvalue weighted by Crippen LogP contribution is 2.21. The van der Waals surface area contributed by atoms with E-state index in [1.165, 1.54) is 0 Å². The molecule has 0 saturated carbocycles. The first-order valence-corrected chi connectivity index (χ1v) is 7.18. The third-order valence-electron chi connectivity index (χ3n) is 2.68. The van der Waals surface area contributed by atoms with Gasteiger partial charge in [0.25, 0.3) is 0 Å². The molecule has 1 heterocycles. The van der Waals surface area contributed by atoms with Gasteiger partial charge in [-0.15, -0.1) is 0 Å². The summed E-state index contributed by atoms with van der Waals surface area (Å²) in [5.41, 5.74) is 7.34. The fraction of sp³-hybridized carbons (Fsp3) is 0.250. The van der Waals surface area contributed by atoms with Gasteiger partial charge >= 0.3 is 0 Å². The van der Waals surface area contributed by atoms with Crippen molar-refractivity contribution in [3.05, 3.63) is 41.2 Å². The number of hydrogen-bond acceptors (Lipinski definition) is 3. The van der Waals surface area contributed by atoms with Crippen molar-refractivity contribution in [2.24, 2.45) is 7.05 Å². The van der Waals surface area contributed by atoms with Gasteiger partial charge in [0.05, 0.1) is 15.7 Å². The van der Waals surface area contributed by atoms with E-state index in [9.17, 15) is 4.21 Å². The third kappa shape index (κ3) is 2.91. The molecule has 0 aliphatic rings. The Kier molecular flexibility index (Phi) is 4.04. The van der Waals surface area contributed by atoms with Crippen LogP contribution in [0.3, 0.4) is 0 Å². The fourth-order valence-corrected chi connectivity index (χ4v) is 3.02. The van der Waals surface area contributed by atoms with Crippen LogP contribution in [-0.4, -0.2) is 19.7 Å². The van der Waals surface area contributed by atoms with Gasteiger partial charge in [-0.3, -0.25) is 8.89 Å². The molecule has 2 aromatic rings. The van der Waals surface area contributed by atoms with Gasteiger partial charge in [0.1, 0.15) is 0 Å². The summed E-state index contributed by atoms with van der Waals surface area (Å²) < 4.78 is 13.9. The summed E-state index contributed by atoms with van der Waals surface area (Å²) in [6.45, 7) is 0. The summed E-state index contributed by atoms with van der Waals surface area (Å²) in [6.07, 6.45) is 2.43. The first-order valence-electron chi connectivity index (χ1n) is 5.48. The molecular weight excluding hydrogens is 270 g/mol. The Bertz CT molecular complexity index is 582. The second kappa shape index (κ2) is 5.54. The van der Waals surface area contributed by atoms with Gasteiger partial charge in [-0.2, -0.15) is 5.10 Å². The maximum Gasteiger partial charge on any atom is 0.0618 e. The predicted octanol–water partition coefficient (Wildman–Crippen LogP) is 2.01. The largest absolute Gasteiger partial charge is 0.398 e. The van der Waals surface area contributed by atoms with Crippen LogP contribution >= 0.6 is 11.6 Å². The molecule has 4 nitrogen and oxygen atoms in total. The fourth-order valence-electron chi connectivity index (χ4n) is 1.68. The van der Waals surface area contributed by atoms with Crippen LogP contribution in [0.4, 0.5) is 5.69 Å². The molecular formula is C12H14ClN3OS. The van der Waals surface area contributed by atoms with Crippen LogP contribution in [0.5, 0.6) is 0 Å². The molecule has 0 aliphatic carbocycles. The lowest BCUT2D eigenvalue weighted by Gasteiger charge is -2.06. The molecule has 96 valence electrons. The normalized spacial score (nSPS) is 12.6. The SMILES string of the molecule is Cn1nccc1CCS(=O)c1ccc(Cl)cc1N. The molecule has 0 amide bonds. The first-order chi connectivity index (χ1) is 8.58. The molecule has 0 aliphatic heterocycles. The third-order valence-corrected chi connectivity index (χ3v) is 4.36. The number of benzene rings is 1. The number of aryl methyl sites for hydroxylation is 2. The Morgan fingerprint density at radius 2 is 2.22 bits per heavy atom. The van der Waals surface area contributed by atoms with Gasteiger partial charge in [0, 0.05) is 41.8 Å². The van der Waals surface area contributed by atoms with Crippen molar-refractivity contribution in [1.82, 2.24) is 9.78 Å². The van der Waals surface area contributed by atoms with Gasteiger partial charge in [-0.1, -0.05) is 11.6 Å². The van der Waals surface area contributed by atoms with Crippen molar-refractivity contribution in [1.29, 1.82) is 0 Å². The number of nitrogen functional groups attached to an aromatic ring is 1. The Balaban J connectivity index is 2.06. The van der Waals surface area contributed by atoms with E-state index in [1.807, 2.05) is 13.1 Å². The molecule has 2 rings (SSSR count). The van der Waals surface area contributed by atoms with E-state index < -0.39 is 10.8 Å². The lowest BCUT2D eigenvalue weighted by atomic mass is 10.3. The van der Waals surface area contributed by atoms with Crippen LogP contribution in [0.25, 0.3) is 0 Å². The van der Waals surface area contributed by atoms with Gasteiger partial charge in [0.15, 0.2) is 0 Å². The van der Waals surface area contributed by atoms with E-state index in [4.69, 9.17) is 17.3 Å². The second-order valence-electron chi connectivity index (χ2n) is 3.93. The summed E-state index contributed by atoms with van der Waals surface area (Å²) in [7, 11) is 0.749. The predicted molar refractivity (Wildman–Crippen MR) is 74.1 cm³/mol. The molecule has 0 saturated heterocycles. The number of aromatic nitrogens is 2. The van der Waals surface area contributed by atoms with Crippen LogP contribution in [0.15, 0.2) is 35.4 Å². The molecule has 6 heteroatoms. The minimum atomic E-state index is -1.12. The first kappa shape index (κ1) is 13.1. The number of anilines is 1. The van der Waals surface area contributed by atoms with Gasteiger partial charge in [-0.05, 0) is 24.3 Å². The minimum absolute atomic E-state index is 0.478. The summed E-state index contributed by atoms with van der Waals surface area (Å²) in [5.74, 6) is 0.519. The topological polar surface area (TPSA) is 60.9 Å². The smallest absolute Gasteiger partial charge is 0.0618 e. The van der Waals surface area contributed by atoms with Crippen LogP contribution < -0.4 is 5.73 Å². The van der Waals surface area contributed by atoms with E-state index in [-0.39, 0.29) is 0 Å². The van der Waals surface area contributed by atoms with E-state index in [0.29, 0.717) is 27.8 Å². The van der Waals surface area contributed by atoms with Gasteiger partial charge in [-0.25, -0.2) is 0 Å². The monoisotopic (exact) mass is 283 g/mol. The zero-order valence-corrected chi connectivity index (χ0v) is 11.5. The van der Waals surface area contributed by atoms with Crippen LogP contribution in [0, 0.1) is 0 Å². The summed E-state index contributed by atoms with van der Waals surface area (Å²) in [4.78, 5) is 0.640. The standard InChI is InChI=1S/C12H14ClN3OS/c1-16-10(4-6-15-16)5-7-18(17)12-3-2-9(13)8-11(12)14/h2-4,6,8H,5,7,14H2,1H3. The molecule has 1 aromatic heterocycles. The zero-order chi connectivity index (χ0) is 13.1. The highest BCUT2D eigenvalue weighted by Gasteiger charge is 2.09. The van der Waals surface area contributed by atoms with Gasteiger partial charge in [0.2, 0.25) is 0 Å². The Morgan fingerprint density at radius 1 is 1.44 bits per heavy atom. The van der Waals surface area contributed by atoms with Gasteiger partial charge < -0.3 is 5.73 Å². The summed E-state index contributed by atoms with van der Waals surface area (Å²) in [6, 6.07) is 6.97. The van der Waals surface area contributed by atoms with Crippen molar-refractivity contribution in [3.63, 3.8) is 0 Å². The summed E-state index contributed by atoms with van der Waals surface area (Å²) >= 11 is 5.81. The van der Waals surface area contributed by atoms with Crippen LogP contribution in [0.1, 0.15) is 5.69 Å². The van der Waals surface area contributed by atoms with E-state index in [2.05, 4.69) is 5.10 Å². The minimum Gasteiger partial charge on any atom is -0.398 e. The Morgan fingerprint density at radius 3 is 2.83 bits per heavy atom. The highest BCUT2D eigenvalue weighted by molar-refractivity contribution is 7.85. The molecule has 0 radical (unpaired) electrons. The van der Waals surface area contributed by atoms with Crippen molar-refractivity contribution in [3.8, 4) is 0 Å². The van der Waals surface area contributed by atoms with Crippen LogP contribution in [-0.2, 0) is 24.3 Å². The molecule has 18 heavy (non-hydrogen) atoms. The van der Waals surface area contributed by atoms with Crippen LogP contribution in [0.2, 0.25) is 5.02 Å². The molecule has 1 aromatic carbocycles. The lowest BCUT2D eigenvalue weighted by molar-refractivity contribution is 0.678. The molecule has 1 unspecified atom stereocenters. The van der Waals surface area contributed by atoms with E-state index in [1.54, 1.807) is 29.1 Å². The van der Waals surface area contributed by atoms with Crippen molar-refractivity contribution in [2.45, 2.75) is 11.3 Å².